The van der Waals surface area contributed by atoms with Gasteiger partial charge in [0.15, 0.2) is 0 Å². The highest BCUT2D eigenvalue weighted by Gasteiger charge is 2.26. The second-order valence-corrected chi connectivity index (χ2v) is 5.09. The Labute approximate surface area is 109 Å². The van der Waals surface area contributed by atoms with Crippen LogP contribution in [0.2, 0.25) is 0 Å². The van der Waals surface area contributed by atoms with Crippen LogP contribution in [0.1, 0.15) is 24.8 Å². The van der Waals surface area contributed by atoms with Crippen LogP contribution in [-0.4, -0.2) is 17.3 Å². The molecular weight excluding hydrogens is 260 g/mol. The first-order valence-corrected chi connectivity index (χ1v) is 6.37. The van der Waals surface area contributed by atoms with Crippen molar-refractivity contribution in [3.63, 3.8) is 0 Å². The van der Waals surface area contributed by atoms with Crippen LogP contribution in [0.15, 0.2) is 18.2 Å². The van der Waals surface area contributed by atoms with Crippen LogP contribution in [-0.2, 0) is 11.2 Å². The molecule has 0 bridgehead atoms. The van der Waals surface area contributed by atoms with Crippen molar-refractivity contribution in [2.45, 2.75) is 37.1 Å². The summed E-state index contributed by atoms with van der Waals surface area (Å²) in [7, 11) is 0. The molecule has 98 valence electrons. The Balaban J connectivity index is 1.94. The Bertz CT molecular complexity index is 453. The van der Waals surface area contributed by atoms with Gasteiger partial charge < -0.3 is 5.32 Å². The number of halogens is 3. The molecule has 0 heterocycles. The maximum Gasteiger partial charge on any atom is 0.224 e. The lowest BCUT2D eigenvalue weighted by Gasteiger charge is -2.15. The number of nitrogens with one attached hydrogen (secondary N) is 1. The summed E-state index contributed by atoms with van der Waals surface area (Å²) in [6, 6.07) is 3.17. The summed E-state index contributed by atoms with van der Waals surface area (Å²) in [6.45, 7) is 0. The van der Waals surface area contributed by atoms with E-state index < -0.39 is 11.6 Å². The van der Waals surface area contributed by atoms with Crippen LogP contribution in [0.3, 0.4) is 0 Å². The number of hydrogen-bond donors (Lipinski definition) is 1. The van der Waals surface area contributed by atoms with Gasteiger partial charge in [-0.1, -0.05) is 6.07 Å². The molecule has 1 aliphatic rings. The average molecular weight is 274 g/mol. The van der Waals surface area contributed by atoms with Crippen LogP contribution in [0.25, 0.3) is 0 Å². The van der Waals surface area contributed by atoms with E-state index in [1.807, 2.05) is 0 Å². The van der Waals surface area contributed by atoms with E-state index in [4.69, 9.17) is 11.6 Å². The third-order valence-electron chi connectivity index (χ3n) is 3.14. The Kier molecular flexibility index (Phi) is 4.17. The molecule has 2 nitrogen and oxygen atoms in total. The summed E-state index contributed by atoms with van der Waals surface area (Å²) < 4.78 is 26.1. The first kappa shape index (κ1) is 13.3. The van der Waals surface area contributed by atoms with E-state index in [0.29, 0.717) is 0 Å². The molecule has 2 rings (SSSR count). The van der Waals surface area contributed by atoms with E-state index in [0.717, 1.165) is 31.4 Å². The lowest BCUT2D eigenvalue weighted by atomic mass is 10.1. The molecule has 0 saturated heterocycles. The average Bonchev–Trinajstić information content (AvgIpc) is 2.69. The van der Waals surface area contributed by atoms with Crippen molar-refractivity contribution in [3.8, 4) is 0 Å². The maximum absolute atomic E-state index is 13.4. The summed E-state index contributed by atoms with van der Waals surface area (Å²) in [5.41, 5.74) is 0.193. The van der Waals surface area contributed by atoms with Gasteiger partial charge in [0.2, 0.25) is 5.91 Å². The van der Waals surface area contributed by atoms with Gasteiger partial charge in [0.25, 0.3) is 0 Å². The molecule has 1 aromatic rings. The molecule has 1 fully saturated rings. The Hall–Kier alpha value is -1.16. The first-order valence-electron chi connectivity index (χ1n) is 5.93. The molecule has 1 N–H and O–H groups in total. The van der Waals surface area contributed by atoms with Crippen molar-refractivity contribution in [2.24, 2.45) is 0 Å². The summed E-state index contributed by atoms with van der Waals surface area (Å²) in [5, 5.41) is 2.74. The van der Waals surface area contributed by atoms with E-state index in [1.165, 1.54) is 6.07 Å². The van der Waals surface area contributed by atoms with Gasteiger partial charge >= 0.3 is 0 Å². The second kappa shape index (κ2) is 5.65. The number of carbonyl (C=O) groups excluding carboxylic acids is 1. The van der Waals surface area contributed by atoms with Gasteiger partial charge in [-0.05, 0) is 30.9 Å². The summed E-state index contributed by atoms with van der Waals surface area (Å²) in [6.07, 6.45) is 2.64. The highest BCUT2D eigenvalue weighted by Crippen LogP contribution is 2.24. The molecule has 1 amide bonds. The molecule has 1 saturated carbocycles. The van der Waals surface area contributed by atoms with E-state index in [1.54, 1.807) is 0 Å². The predicted molar refractivity (Wildman–Crippen MR) is 65.5 cm³/mol. The van der Waals surface area contributed by atoms with Gasteiger partial charge in [-0.25, -0.2) is 8.78 Å². The lowest BCUT2D eigenvalue weighted by molar-refractivity contribution is -0.121. The third kappa shape index (κ3) is 3.19. The zero-order chi connectivity index (χ0) is 13.1. The van der Waals surface area contributed by atoms with Gasteiger partial charge in [0.05, 0.1) is 11.8 Å². The Morgan fingerprint density at radius 2 is 2.17 bits per heavy atom. The lowest BCUT2D eigenvalue weighted by Crippen LogP contribution is -2.38. The zero-order valence-corrected chi connectivity index (χ0v) is 10.5. The van der Waals surface area contributed by atoms with Crippen LogP contribution in [0, 0.1) is 11.6 Å². The monoisotopic (exact) mass is 273 g/mol. The Morgan fingerprint density at radius 1 is 1.39 bits per heavy atom. The van der Waals surface area contributed by atoms with Crippen molar-refractivity contribution in [1.82, 2.24) is 5.32 Å². The molecule has 2 atom stereocenters. The number of benzene rings is 1. The number of carbonyl (C=O) groups is 1. The van der Waals surface area contributed by atoms with Gasteiger partial charge in [-0.3, -0.25) is 4.79 Å². The van der Waals surface area contributed by atoms with Crippen molar-refractivity contribution < 1.29 is 13.6 Å². The van der Waals surface area contributed by atoms with E-state index >= 15 is 0 Å². The molecule has 0 aromatic heterocycles. The van der Waals surface area contributed by atoms with Crippen molar-refractivity contribution >= 4 is 17.5 Å². The number of amides is 1. The minimum absolute atomic E-state index is 0.0392. The number of rotatable bonds is 3. The molecule has 0 spiro atoms. The number of alkyl halides is 1. The topological polar surface area (TPSA) is 29.1 Å². The predicted octanol–water partition coefficient (Wildman–Crippen LogP) is 2.78. The van der Waals surface area contributed by atoms with Crippen molar-refractivity contribution in [3.05, 3.63) is 35.4 Å². The fourth-order valence-electron chi connectivity index (χ4n) is 2.17. The van der Waals surface area contributed by atoms with Crippen molar-refractivity contribution in [2.75, 3.05) is 0 Å². The maximum atomic E-state index is 13.4. The molecule has 5 heteroatoms. The van der Waals surface area contributed by atoms with Gasteiger partial charge in [-0.2, -0.15) is 0 Å². The van der Waals surface area contributed by atoms with Gasteiger partial charge in [0.1, 0.15) is 11.6 Å². The van der Waals surface area contributed by atoms with Gasteiger partial charge in [-0.15, -0.1) is 11.6 Å². The number of hydrogen-bond acceptors (Lipinski definition) is 1. The smallest absolute Gasteiger partial charge is 0.224 e. The molecule has 1 aliphatic carbocycles. The highest BCUT2D eigenvalue weighted by molar-refractivity contribution is 6.21. The van der Waals surface area contributed by atoms with E-state index in [2.05, 4.69) is 5.32 Å². The molecule has 0 radical (unpaired) electrons. The zero-order valence-electron chi connectivity index (χ0n) is 9.76. The standard InChI is InChI=1S/C13H14ClF2NO/c14-10-2-1-3-12(10)17-13(18)6-8-4-5-9(15)7-11(8)16/h4-5,7,10,12H,1-3,6H2,(H,17,18). The van der Waals surface area contributed by atoms with E-state index in [-0.39, 0.29) is 29.3 Å². The summed E-state index contributed by atoms with van der Waals surface area (Å²) in [5.74, 6) is -1.62. The van der Waals surface area contributed by atoms with Crippen molar-refractivity contribution in [1.29, 1.82) is 0 Å². The molecular formula is C13H14ClF2NO. The minimum Gasteiger partial charge on any atom is -0.352 e. The Morgan fingerprint density at radius 3 is 2.78 bits per heavy atom. The molecule has 2 unspecified atom stereocenters. The highest BCUT2D eigenvalue weighted by atomic mass is 35.5. The largest absolute Gasteiger partial charge is 0.352 e. The minimum atomic E-state index is -0.695. The third-order valence-corrected chi connectivity index (χ3v) is 3.67. The first-order chi connectivity index (χ1) is 8.56. The van der Waals surface area contributed by atoms with E-state index in [9.17, 15) is 13.6 Å². The van der Waals surface area contributed by atoms with Crippen LogP contribution in [0.5, 0.6) is 0 Å². The quantitative estimate of drug-likeness (QED) is 0.843. The summed E-state index contributed by atoms with van der Waals surface area (Å²) in [4.78, 5) is 11.7. The summed E-state index contributed by atoms with van der Waals surface area (Å²) >= 11 is 6.04. The van der Waals surface area contributed by atoms with Crippen LogP contribution >= 0.6 is 11.6 Å². The second-order valence-electron chi connectivity index (χ2n) is 4.53. The molecule has 0 aliphatic heterocycles. The van der Waals surface area contributed by atoms with Crippen LogP contribution in [0.4, 0.5) is 8.78 Å². The molecule has 18 heavy (non-hydrogen) atoms. The fraction of sp³-hybridized carbons (Fsp3) is 0.462. The molecule has 1 aromatic carbocycles. The van der Waals surface area contributed by atoms with Crippen LogP contribution < -0.4 is 5.32 Å². The SMILES string of the molecule is O=C(Cc1ccc(F)cc1F)NC1CCCC1Cl. The normalized spacial score (nSPS) is 23.1. The fourth-order valence-corrected chi connectivity index (χ4v) is 2.52. The van der Waals surface area contributed by atoms with Gasteiger partial charge in [0, 0.05) is 12.1 Å².